The second kappa shape index (κ2) is 6.50. The summed E-state index contributed by atoms with van der Waals surface area (Å²) in [5.41, 5.74) is 0.853. The van der Waals surface area contributed by atoms with Gasteiger partial charge in [0.05, 0.1) is 11.1 Å². The molecule has 5 nitrogen and oxygen atoms in total. The lowest BCUT2D eigenvalue weighted by Crippen LogP contribution is -2.33. The van der Waals surface area contributed by atoms with Gasteiger partial charge in [0.25, 0.3) is 11.8 Å². The molecule has 0 radical (unpaired) electrons. The monoisotopic (exact) mass is 275 g/mol. The summed E-state index contributed by atoms with van der Waals surface area (Å²) in [7, 11) is 0. The lowest BCUT2D eigenvalue weighted by Gasteiger charge is -2.12. The summed E-state index contributed by atoms with van der Waals surface area (Å²) in [5.74, 6) is -0.355. The van der Waals surface area contributed by atoms with Gasteiger partial charge in [-0.2, -0.15) is 0 Å². The van der Waals surface area contributed by atoms with Gasteiger partial charge in [0, 0.05) is 24.5 Å². The van der Waals surface area contributed by atoms with E-state index in [1.165, 1.54) is 25.2 Å². The highest BCUT2D eigenvalue weighted by atomic mass is 16.2. The van der Waals surface area contributed by atoms with E-state index in [9.17, 15) is 9.59 Å². The molecule has 0 bridgehead atoms. The van der Waals surface area contributed by atoms with Crippen molar-refractivity contribution in [2.24, 2.45) is 0 Å². The Balaban J connectivity index is 2.04. The molecule has 1 aromatic heterocycles. The molecule has 0 aromatic carbocycles. The maximum Gasteiger partial charge on any atom is 0.253 e. The molecule has 1 saturated carbocycles. The normalized spacial score (nSPS) is 15.3. The Morgan fingerprint density at radius 2 is 1.75 bits per heavy atom. The highest BCUT2D eigenvalue weighted by Crippen LogP contribution is 2.18. The fourth-order valence-corrected chi connectivity index (χ4v) is 2.37. The van der Waals surface area contributed by atoms with Gasteiger partial charge in [0.1, 0.15) is 0 Å². The van der Waals surface area contributed by atoms with Crippen molar-refractivity contribution in [1.29, 1.82) is 0 Å². The predicted octanol–water partition coefficient (Wildman–Crippen LogP) is 1.89. The molecule has 1 aliphatic carbocycles. The molecule has 1 heterocycles. The van der Waals surface area contributed by atoms with Crippen molar-refractivity contribution >= 4 is 11.8 Å². The Kier molecular flexibility index (Phi) is 4.71. The third kappa shape index (κ3) is 3.79. The second-order valence-electron chi connectivity index (χ2n) is 5.55. The van der Waals surface area contributed by atoms with Crippen molar-refractivity contribution in [3.8, 4) is 0 Å². The quantitative estimate of drug-likeness (QED) is 0.881. The molecular weight excluding hydrogens is 254 g/mol. The van der Waals surface area contributed by atoms with Crippen LogP contribution in [0, 0.1) is 0 Å². The van der Waals surface area contributed by atoms with Gasteiger partial charge >= 0.3 is 0 Å². The highest BCUT2D eigenvalue weighted by molar-refractivity contribution is 5.99. The number of hydrogen-bond donors (Lipinski definition) is 2. The van der Waals surface area contributed by atoms with Crippen LogP contribution in [-0.4, -0.2) is 28.9 Å². The molecule has 1 aliphatic rings. The summed E-state index contributed by atoms with van der Waals surface area (Å²) in [6.45, 7) is 3.78. The summed E-state index contributed by atoms with van der Waals surface area (Å²) >= 11 is 0. The Hall–Kier alpha value is -1.91. The molecule has 108 valence electrons. The van der Waals surface area contributed by atoms with Crippen LogP contribution in [0.25, 0.3) is 0 Å². The standard InChI is InChI=1S/C15H21N3O2/c1-10(2)17-14(19)11-7-12(9-16-8-11)15(20)18-13-5-3-4-6-13/h7-10,13H,3-6H2,1-2H3,(H,17,19)(H,18,20). The van der Waals surface area contributed by atoms with Gasteiger partial charge in [-0.3, -0.25) is 14.6 Å². The van der Waals surface area contributed by atoms with E-state index in [-0.39, 0.29) is 23.9 Å². The van der Waals surface area contributed by atoms with E-state index >= 15 is 0 Å². The van der Waals surface area contributed by atoms with E-state index in [4.69, 9.17) is 0 Å². The topological polar surface area (TPSA) is 71.1 Å². The first-order chi connectivity index (χ1) is 9.56. The molecule has 0 aliphatic heterocycles. The van der Waals surface area contributed by atoms with Crippen molar-refractivity contribution in [2.45, 2.75) is 51.6 Å². The minimum absolute atomic E-state index is 0.0541. The first-order valence-corrected chi connectivity index (χ1v) is 7.13. The molecule has 2 rings (SSSR count). The van der Waals surface area contributed by atoms with Crippen molar-refractivity contribution in [2.75, 3.05) is 0 Å². The van der Waals surface area contributed by atoms with Gasteiger partial charge in [-0.1, -0.05) is 12.8 Å². The molecule has 0 spiro atoms. The molecule has 1 aromatic rings. The Morgan fingerprint density at radius 3 is 2.35 bits per heavy atom. The summed E-state index contributed by atoms with van der Waals surface area (Å²) in [6, 6.07) is 1.91. The number of carbonyl (C=O) groups excluding carboxylic acids is 2. The number of carbonyl (C=O) groups is 2. The van der Waals surface area contributed by atoms with Gasteiger partial charge in [-0.15, -0.1) is 0 Å². The first-order valence-electron chi connectivity index (χ1n) is 7.13. The molecule has 5 heteroatoms. The van der Waals surface area contributed by atoms with Crippen LogP contribution in [0.5, 0.6) is 0 Å². The number of nitrogens with one attached hydrogen (secondary N) is 2. The van der Waals surface area contributed by atoms with E-state index in [1.54, 1.807) is 6.07 Å². The van der Waals surface area contributed by atoms with E-state index < -0.39 is 0 Å². The highest BCUT2D eigenvalue weighted by Gasteiger charge is 2.19. The Labute approximate surface area is 119 Å². The maximum atomic E-state index is 12.1. The largest absolute Gasteiger partial charge is 0.350 e. The van der Waals surface area contributed by atoms with Crippen molar-refractivity contribution in [1.82, 2.24) is 15.6 Å². The zero-order valence-electron chi connectivity index (χ0n) is 12.0. The lowest BCUT2D eigenvalue weighted by atomic mass is 10.1. The van der Waals surface area contributed by atoms with E-state index in [1.807, 2.05) is 13.8 Å². The first kappa shape index (κ1) is 14.5. The SMILES string of the molecule is CC(C)NC(=O)c1cncc(C(=O)NC2CCCC2)c1. The molecule has 2 N–H and O–H groups in total. The van der Waals surface area contributed by atoms with Crippen LogP contribution < -0.4 is 10.6 Å². The number of amides is 2. The van der Waals surface area contributed by atoms with Crippen LogP contribution in [0.2, 0.25) is 0 Å². The summed E-state index contributed by atoms with van der Waals surface area (Å²) in [5, 5.41) is 5.78. The van der Waals surface area contributed by atoms with Gasteiger partial charge in [-0.05, 0) is 32.8 Å². The molecule has 20 heavy (non-hydrogen) atoms. The van der Waals surface area contributed by atoms with Crippen molar-refractivity contribution in [3.05, 3.63) is 29.6 Å². The maximum absolute atomic E-state index is 12.1. The van der Waals surface area contributed by atoms with E-state index in [0.29, 0.717) is 11.1 Å². The number of aromatic nitrogens is 1. The van der Waals surface area contributed by atoms with Crippen LogP contribution in [0.4, 0.5) is 0 Å². The minimum atomic E-state index is -0.206. The van der Waals surface area contributed by atoms with Gasteiger partial charge in [0.2, 0.25) is 0 Å². The number of hydrogen-bond acceptors (Lipinski definition) is 3. The third-order valence-electron chi connectivity index (χ3n) is 3.37. The van der Waals surface area contributed by atoms with Crippen molar-refractivity contribution < 1.29 is 9.59 Å². The number of nitrogens with zero attached hydrogens (tertiary/aromatic N) is 1. The minimum Gasteiger partial charge on any atom is -0.350 e. The van der Waals surface area contributed by atoms with Gasteiger partial charge < -0.3 is 10.6 Å². The smallest absolute Gasteiger partial charge is 0.253 e. The molecule has 2 amide bonds. The Morgan fingerprint density at radius 1 is 1.15 bits per heavy atom. The molecular formula is C15H21N3O2. The van der Waals surface area contributed by atoms with Gasteiger partial charge in [-0.25, -0.2) is 0 Å². The number of pyridine rings is 1. The van der Waals surface area contributed by atoms with Crippen LogP contribution in [0.3, 0.4) is 0 Å². The second-order valence-corrected chi connectivity index (χ2v) is 5.55. The van der Waals surface area contributed by atoms with Crippen LogP contribution >= 0.6 is 0 Å². The van der Waals surface area contributed by atoms with Crippen LogP contribution in [-0.2, 0) is 0 Å². The summed E-state index contributed by atoms with van der Waals surface area (Å²) < 4.78 is 0. The van der Waals surface area contributed by atoms with Crippen LogP contribution in [0.15, 0.2) is 18.5 Å². The van der Waals surface area contributed by atoms with E-state index in [2.05, 4.69) is 15.6 Å². The Bertz CT molecular complexity index is 494. The van der Waals surface area contributed by atoms with Gasteiger partial charge in [0.15, 0.2) is 0 Å². The average Bonchev–Trinajstić information content (AvgIpc) is 2.91. The third-order valence-corrected chi connectivity index (χ3v) is 3.37. The zero-order chi connectivity index (χ0) is 14.5. The number of rotatable bonds is 4. The fourth-order valence-electron chi connectivity index (χ4n) is 2.37. The fraction of sp³-hybridized carbons (Fsp3) is 0.533. The molecule has 0 saturated heterocycles. The molecule has 0 atom stereocenters. The lowest BCUT2D eigenvalue weighted by molar-refractivity contribution is 0.0937. The average molecular weight is 275 g/mol. The van der Waals surface area contributed by atoms with Crippen LogP contribution in [0.1, 0.15) is 60.2 Å². The summed E-state index contributed by atoms with van der Waals surface area (Å²) in [4.78, 5) is 28.0. The zero-order valence-corrected chi connectivity index (χ0v) is 12.0. The predicted molar refractivity (Wildman–Crippen MR) is 76.6 cm³/mol. The molecule has 0 unspecified atom stereocenters. The summed E-state index contributed by atoms with van der Waals surface area (Å²) in [6.07, 6.45) is 7.37. The molecule has 1 fully saturated rings. The van der Waals surface area contributed by atoms with E-state index in [0.717, 1.165) is 12.8 Å². The van der Waals surface area contributed by atoms with Crippen molar-refractivity contribution in [3.63, 3.8) is 0 Å².